The van der Waals surface area contributed by atoms with Gasteiger partial charge in [0.2, 0.25) is 0 Å². The first-order valence-corrected chi connectivity index (χ1v) is 6.47. The van der Waals surface area contributed by atoms with Crippen LogP contribution in [0.2, 0.25) is 0 Å². The van der Waals surface area contributed by atoms with Crippen molar-refractivity contribution in [1.82, 2.24) is 10.3 Å². The van der Waals surface area contributed by atoms with Gasteiger partial charge in [0, 0.05) is 24.9 Å². The largest absolute Gasteiger partial charge is 0.375 e. The Morgan fingerprint density at radius 1 is 1.60 bits per heavy atom. The number of anilines is 1. The summed E-state index contributed by atoms with van der Waals surface area (Å²) >= 11 is 1.52. The first-order valence-electron chi connectivity index (χ1n) is 5.59. The third-order valence-electron chi connectivity index (χ3n) is 3.24. The maximum atomic E-state index is 5.57. The van der Waals surface area contributed by atoms with E-state index in [0.717, 1.165) is 25.2 Å². The Kier molecular flexibility index (Phi) is 3.26. The highest BCUT2D eigenvalue weighted by molar-refractivity contribution is 7.13. The molecule has 0 saturated heterocycles. The highest BCUT2D eigenvalue weighted by atomic mass is 32.1. The normalized spacial score (nSPS) is 18.7. The van der Waals surface area contributed by atoms with Gasteiger partial charge in [-0.05, 0) is 18.3 Å². The molecule has 3 nitrogen and oxygen atoms in total. The van der Waals surface area contributed by atoms with Gasteiger partial charge < -0.3 is 11.1 Å². The predicted octanol–water partition coefficient (Wildman–Crippen LogP) is 2.05. The molecule has 0 atom stereocenters. The first-order chi connectivity index (χ1) is 7.18. The molecule has 84 valence electrons. The van der Waals surface area contributed by atoms with Crippen LogP contribution in [0.4, 0.5) is 5.13 Å². The van der Waals surface area contributed by atoms with Gasteiger partial charge in [0.15, 0.2) is 5.13 Å². The zero-order valence-corrected chi connectivity index (χ0v) is 10.1. The van der Waals surface area contributed by atoms with E-state index in [-0.39, 0.29) is 0 Å². The predicted molar refractivity (Wildman–Crippen MR) is 65.1 cm³/mol. The van der Waals surface area contributed by atoms with Crippen molar-refractivity contribution in [3.63, 3.8) is 0 Å². The lowest BCUT2D eigenvalue weighted by molar-refractivity contribution is 0.157. The monoisotopic (exact) mass is 225 g/mol. The molecule has 2 rings (SSSR count). The summed E-state index contributed by atoms with van der Waals surface area (Å²) in [6, 6.07) is 0. The molecule has 1 aliphatic rings. The average molecular weight is 225 g/mol. The van der Waals surface area contributed by atoms with E-state index in [4.69, 9.17) is 5.73 Å². The van der Waals surface area contributed by atoms with Crippen molar-refractivity contribution in [1.29, 1.82) is 0 Å². The van der Waals surface area contributed by atoms with Crippen LogP contribution in [0.1, 0.15) is 31.9 Å². The number of nitrogens with one attached hydrogen (secondary N) is 1. The molecule has 0 amide bonds. The van der Waals surface area contributed by atoms with Crippen LogP contribution >= 0.6 is 11.3 Å². The van der Waals surface area contributed by atoms with Crippen LogP contribution in [0.15, 0.2) is 5.38 Å². The van der Waals surface area contributed by atoms with E-state index in [0.29, 0.717) is 10.5 Å². The Labute approximate surface area is 95.1 Å². The fourth-order valence-corrected chi connectivity index (χ4v) is 2.60. The van der Waals surface area contributed by atoms with Crippen LogP contribution in [0, 0.1) is 5.41 Å². The van der Waals surface area contributed by atoms with Gasteiger partial charge in [-0.3, -0.25) is 0 Å². The van der Waals surface area contributed by atoms with Gasteiger partial charge in [0.1, 0.15) is 0 Å². The van der Waals surface area contributed by atoms with Crippen LogP contribution in [-0.4, -0.2) is 18.1 Å². The Hall–Kier alpha value is -0.610. The topological polar surface area (TPSA) is 50.9 Å². The molecule has 4 heteroatoms. The fraction of sp³-hybridized carbons (Fsp3) is 0.727. The fourth-order valence-electron chi connectivity index (χ4n) is 2.00. The third-order valence-corrected chi connectivity index (χ3v) is 3.96. The summed E-state index contributed by atoms with van der Waals surface area (Å²) < 4.78 is 0. The van der Waals surface area contributed by atoms with Gasteiger partial charge in [-0.1, -0.05) is 13.3 Å². The molecule has 1 fully saturated rings. The van der Waals surface area contributed by atoms with Crippen molar-refractivity contribution in [2.24, 2.45) is 5.41 Å². The summed E-state index contributed by atoms with van der Waals surface area (Å²) in [5, 5.41) is 6.23. The standard InChI is InChI=1S/C11H19N3S/c1-11(4-2-5-11)8-13-6-3-9-7-15-10(12)14-9/h7,13H,2-6,8H2,1H3,(H2,12,14). The summed E-state index contributed by atoms with van der Waals surface area (Å²) in [6.07, 6.45) is 5.15. The summed E-state index contributed by atoms with van der Waals surface area (Å²) in [4.78, 5) is 4.24. The van der Waals surface area contributed by atoms with E-state index < -0.39 is 0 Å². The number of nitrogens with zero attached hydrogens (tertiary/aromatic N) is 1. The number of hydrogen-bond acceptors (Lipinski definition) is 4. The smallest absolute Gasteiger partial charge is 0.180 e. The quantitative estimate of drug-likeness (QED) is 0.754. The number of hydrogen-bond donors (Lipinski definition) is 2. The second-order valence-corrected chi connectivity index (χ2v) is 5.66. The minimum absolute atomic E-state index is 0.571. The first kappa shape index (κ1) is 10.9. The van der Waals surface area contributed by atoms with Gasteiger partial charge in [0.05, 0.1) is 5.69 Å². The molecule has 15 heavy (non-hydrogen) atoms. The summed E-state index contributed by atoms with van der Waals surface area (Å²) in [5.74, 6) is 0. The Morgan fingerprint density at radius 3 is 2.93 bits per heavy atom. The average Bonchev–Trinajstić information content (AvgIpc) is 2.56. The molecule has 0 bridgehead atoms. The lowest BCUT2D eigenvalue weighted by Crippen LogP contribution is -2.38. The van der Waals surface area contributed by atoms with Crippen LogP contribution in [0.3, 0.4) is 0 Å². The molecular weight excluding hydrogens is 206 g/mol. The lowest BCUT2D eigenvalue weighted by atomic mass is 9.70. The van der Waals surface area contributed by atoms with Gasteiger partial charge in [-0.15, -0.1) is 11.3 Å². The number of aromatic nitrogens is 1. The van der Waals surface area contributed by atoms with E-state index in [1.54, 1.807) is 0 Å². The van der Waals surface area contributed by atoms with E-state index in [9.17, 15) is 0 Å². The molecule has 0 unspecified atom stereocenters. The van der Waals surface area contributed by atoms with Crippen molar-refractivity contribution in [3.8, 4) is 0 Å². The van der Waals surface area contributed by atoms with Crippen molar-refractivity contribution in [3.05, 3.63) is 11.1 Å². The zero-order chi connectivity index (χ0) is 10.7. The van der Waals surface area contributed by atoms with Crippen molar-refractivity contribution in [2.45, 2.75) is 32.6 Å². The number of nitrogens with two attached hydrogens (primary N) is 1. The summed E-state index contributed by atoms with van der Waals surface area (Å²) in [7, 11) is 0. The maximum Gasteiger partial charge on any atom is 0.180 e. The van der Waals surface area contributed by atoms with Crippen LogP contribution in [-0.2, 0) is 6.42 Å². The highest BCUT2D eigenvalue weighted by Crippen LogP contribution is 2.39. The molecule has 1 aliphatic carbocycles. The van der Waals surface area contributed by atoms with Crippen molar-refractivity contribution in [2.75, 3.05) is 18.8 Å². The van der Waals surface area contributed by atoms with Crippen LogP contribution < -0.4 is 11.1 Å². The number of nitrogen functional groups attached to an aromatic ring is 1. The van der Waals surface area contributed by atoms with Crippen molar-refractivity contribution < 1.29 is 0 Å². The molecule has 1 aromatic heterocycles. The molecule has 0 radical (unpaired) electrons. The molecule has 3 N–H and O–H groups in total. The summed E-state index contributed by atoms with van der Waals surface area (Å²) in [6.45, 7) is 4.52. The second kappa shape index (κ2) is 4.49. The minimum Gasteiger partial charge on any atom is -0.375 e. The Bertz CT molecular complexity index is 317. The lowest BCUT2D eigenvalue weighted by Gasteiger charge is -2.38. The molecule has 0 aromatic carbocycles. The Morgan fingerprint density at radius 2 is 2.40 bits per heavy atom. The number of thiazole rings is 1. The van der Waals surface area contributed by atoms with Gasteiger partial charge >= 0.3 is 0 Å². The molecule has 0 spiro atoms. The Balaban J connectivity index is 1.63. The van der Waals surface area contributed by atoms with E-state index in [2.05, 4.69) is 17.2 Å². The molecule has 0 aliphatic heterocycles. The zero-order valence-electron chi connectivity index (χ0n) is 9.25. The van der Waals surface area contributed by atoms with E-state index in [1.807, 2.05) is 5.38 Å². The second-order valence-electron chi connectivity index (χ2n) is 4.77. The highest BCUT2D eigenvalue weighted by Gasteiger charge is 2.30. The van der Waals surface area contributed by atoms with Crippen LogP contribution in [0.25, 0.3) is 0 Å². The maximum absolute atomic E-state index is 5.57. The molecular formula is C11H19N3S. The SMILES string of the molecule is CC1(CNCCc2csc(N)n2)CCC1. The molecule has 1 saturated carbocycles. The van der Waals surface area contributed by atoms with E-state index in [1.165, 1.54) is 30.6 Å². The molecule has 1 heterocycles. The van der Waals surface area contributed by atoms with Gasteiger partial charge in [0.25, 0.3) is 0 Å². The van der Waals surface area contributed by atoms with Crippen molar-refractivity contribution >= 4 is 16.5 Å². The van der Waals surface area contributed by atoms with E-state index >= 15 is 0 Å². The minimum atomic E-state index is 0.571. The third kappa shape index (κ3) is 2.92. The molecule has 1 aromatic rings. The number of rotatable bonds is 5. The summed E-state index contributed by atoms with van der Waals surface area (Å²) in [5.41, 5.74) is 7.25. The van der Waals surface area contributed by atoms with Gasteiger partial charge in [-0.2, -0.15) is 0 Å². The van der Waals surface area contributed by atoms with Crippen LogP contribution in [0.5, 0.6) is 0 Å². The van der Waals surface area contributed by atoms with Gasteiger partial charge in [-0.25, -0.2) is 4.98 Å².